The first kappa shape index (κ1) is 15.0. The highest BCUT2D eigenvalue weighted by atomic mass is 16.2. The minimum Gasteiger partial charge on any atom is -0.319 e. The van der Waals surface area contributed by atoms with Crippen molar-refractivity contribution >= 4 is 16.7 Å². The van der Waals surface area contributed by atoms with E-state index < -0.39 is 5.54 Å². The summed E-state index contributed by atoms with van der Waals surface area (Å²) in [7, 11) is 0. The third kappa shape index (κ3) is 1.46. The van der Waals surface area contributed by atoms with Gasteiger partial charge in [0, 0.05) is 17.5 Å². The van der Waals surface area contributed by atoms with Crippen molar-refractivity contribution in [3.8, 4) is 6.07 Å². The Labute approximate surface area is 148 Å². The first-order chi connectivity index (χ1) is 12.0. The summed E-state index contributed by atoms with van der Waals surface area (Å²) in [6, 6.07) is 16.5. The molecule has 4 bridgehead atoms. The molecule has 0 N–H and O–H groups in total. The van der Waals surface area contributed by atoms with Gasteiger partial charge in [-0.05, 0) is 47.4 Å². The number of nitriles is 1. The first-order valence-corrected chi connectivity index (χ1v) is 9.18. The Balaban J connectivity index is 1.65. The van der Waals surface area contributed by atoms with Crippen molar-refractivity contribution in [3.63, 3.8) is 0 Å². The molecule has 25 heavy (non-hydrogen) atoms. The van der Waals surface area contributed by atoms with Crippen LogP contribution in [0.1, 0.15) is 43.5 Å². The molecule has 2 saturated carbocycles. The van der Waals surface area contributed by atoms with Crippen LogP contribution >= 0.6 is 0 Å². The van der Waals surface area contributed by atoms with E-state index in [2.05, 4.69) is 19.9 Å². The average molecular weight is 330 g/mol. The van der Waals surface area contributed by atoms with Gasteiger partial charge in [-0.1, -0.05) is 50.2 Å². The predicted octanol–water partition coefficient (Wildman–Crippen LogP) is 4.38. The number of nitrogens with zero attached hydrogens (tertiary/aromatic N) is 2. The zero-order valence-electron chi connectivity index (χ0n) is 14.7. The normalized spacial score (nSPS) is 38.3. The molecule has 1 saturated heterocycles. The fraction of sp³-hybridized carbons (Fsp3) is 0.455. The number of benzene rings is 2. The molecular weight excluding hydrogens is 308 g/mol. The molecule has 3 heteroatoms. The topological polar surface area (TPSA) is 44.1 Å². The summed E-state index contributed by atoms with van der Waals surface area (Å²) in [6.45, 7) is 5.27. The largest absolute Gasteiger partial charge is 0.319 e. The third-order valence-corrected chi connectivity index (χ3v) is 8.01. The third-order valence-electron chi connectivity index (χ3n) is 8.01. The standard InChI is InChI=1S/C22H22N2O/c1-20-14-24(22(13-23)12-16(20)10-11-21(20,22)2)19(25)18-9-5-7-15-6-3-4-8-17(15)18/h3-9,16H,10-12,14H2,1-2H3. The lowest BCUT2D eigenvalue weighted by atomic mass is 9.66. The second kappa shape index (κ2) is 4.43. The lowest BCUT2D eigenvalue weighted by molar-refractivity contribution is 0.0432. The van der Waals surface area contributed by atoms with Crippen molar-refractivity contribution in [2.24, 2.45) is 16.7 Å². The molecule has 5 rings (SSSR count). The molecule has 1 amide bonds. The Morgan fingerprint density at radius 2 is 1.96 bits per heavy atom. The summed E-state index contributed by atoms with van der Waals surface area (Å²) in [5, 5.41) is 12.2. The smallest absolute Gasteiger partial charge is 0.255 e. The van der Waals surface area contributed by atoms with Gasteiger partial charge in [0.05, 0.1) is 6.07 Å². The van der Waals surface area contributed by atoms with Crippen LogP contribution in [0.4, 0.5) is 0 Å². The molecule has 1 heterocycles. The summed E-state index contributed by atoms with van der Waals surface area (Å²) in [5.41, 5.74) is 0.0739. The van der Waals surface area contributed by atoms with Gasteiger partial charge in [0.2, 0.25) is 0 Å². The van der Waals surface area contributed by atoms with Crippen molar-refractivity contribution in [1.82, 2.24) is 4.90 Å². The Morgan fingerprint density at radius 3 is 2.72 bits per heavy atom. The van der Waals surface area contributed by atoms with Gasteiger partial charge in [-0.25, -0.2) is 0 Å². The van der Waals surface area contributed by atoms with E-state index in [4.69, 9.17) is 0 Å². The molecule has 0 aromatic heterocycles. The van der Waals surface area contributed by atoms with Gasteiger partial charge in [-0.15, -0.1) is 0 Å². The van der Waals surface area contributed by atoms with Crippen LogP contribution in [0, 0.1) is 28.1 Å². The Morgan fingerprint density at radius 1 is 1.20 bits per heavy atom. The second-order valence-electron chi connectivity index (χ2n) is 8.58. The van der Waals surface area contributed by atoms with E-state index in [0.717, 1.165) is 29.2 Å². The second-order valence-corrected chi connectivity index (χ2v) is 8.58. The SMILES string of the molecule is CC12CN(C(=O)c3cccc4ccccc34)C3(C#N)CC1CCC23C. The van der Waals surface area contributed by atoms with Crippen LogP contribution in [0.2, 0.25) is 0 Å². The predicted molar refractivity (Wildman–Crippen MR) is 96.9 cm³/mol. The molecule has 4 atom stereocenters. The lowest BCUT2D eigenvalue weighted by Gasteiger charge is -2.43. The molecule has 2 aliphatic carbocycles. The molecular formula is C22H22N2O. The van der Waals surface area contributed by atoms with Gasteiger partial charge < -0.3 is 4.90 Å². The van der Waals surface area contributed by atoms with E-state index in [1.54, 1.807) is 0 Å². The van der Waals surface area contributed by atoms with Crippen LogP contribution in [-0.4, -0.2) is 22.9 Å². The Hall–Kier alpha value is -2.34. The molecule has 3 fully saturated rings. The molecule has 2 aromatic rings. The van der Waals surface area contributed by atoms with Crippen molar-refractivity contribution in [3.05, 3.63) is 48.0 Å². The maximum absolute atomic E-state index is 13.6. The molecule has 1 aliphatic heterocycles. The first-order valence-electron chi connectivity index (χ1n) is 9.18. The highest BCUT2D eigenvalue weighted by molar-refractivity contribution is 6.07. The molecule has 4 unspecified atom stereocenters. The summed E-state index contributed by atoms with van der Waals surface area (Å²) >= 11 is 0. The molecule has 3 aliphatic rings. The number of hydrogen-bond acceptors (Lipinski definition) is 2. The quantitative estimate of drug-likeness (QED) is 0.778. The van der Waals surface area contributed by atoms with Crippen LogP contribution in [-0.2, 0) is 0 Å². The minimum atomic E-state index is -0.640. The summed E-state index contributed by atoms with van der Waals surface area (Å²) < 4.78 is 0. The molecule has 3 nitrogen and oxygen atoms in total. The van der Waals surface area contributed by atoms with E-state index in [-0.39, 0.29) is 16.7 Å². The number of fused-ring (bicyclic) bond motifs is 1. The number of piperidine rings is 1. The number of likely N-dealkylation sites (tertiary alicyclic amines) is 1. The fourth-order valence-corrected chi connectivity index (χ4v) is 6.31. The summed E-state index contributed by atoms with van der Waals surface area (Å²) in [4.78, 5) is 15.5. The van der Waals surface area contributed by atoms with E-state index >= 15 is 0 Å². The van der Waals surface area contributed by atoms with E-state index in [1.807, 2.05) is 47.4 Å². The van der Waals surface area contributed by atoms with E-state index in [1.165, 1.54) is 6.42 Å². The molecule has 0 spiro atoms. The van der Waals surface area contributed by atoms with Gasteiger partial charge >= 0.3 is 0 Å². The molecule has 2 aromatic carbocycles. The summed E-state index contributed by atoms with van der Waals surface area (Å²) in [6.07, 6.45) is 3.10. The fourth-order valence-electron chi connectivity index (χ4n) is 6.31. The zero-order chi connectivity index (χ0) is 17.4. The number of amides is 1. The highest BCUT2D eigenvalue weighted by Crippen LogP contribution is 2.75. The number of carbonyl (C=O) groups is 1. The van der Waals surface area contributed by atoms with Crippen LogP contribution < -0.4 is 0 Å². The molecule has 0 radical (unpaired) electrons. The van der Waals surface area contributed by atoms with Gasteiger partial charge in [-0.3, -0.25) is 4.79 Å². The summed E-state index contributed by atoms with van der Waals surface area (Å²) in [5.74, 6) is 0.599. The maximum Gasteiger partial charge on any atom is 0.255 e. The number of hydrogen-bond donors (Lipinski definition) is 0. The van der Waals surface area contributed by atoms with E-state index in [0.29, 0.717) is 12.5 Å². The monoisotopic (exact) mass is 330 g/mol. The Bertz CT molecular complexity index is 955. The van der Waals surface area contributed by atoms with Gasteiger partial charge in [-0.2, -0.15) is 5.26 Å². The molecule has 126 valence electrons. The van der Waals surface area contributed by atoms with Gasteiger partial charge in [0.1, 0.15) is 5.54 Å². The minimum absolute atomic E-state index is 0.0219. The lowest BCUT2D eigenvalue weighted by Crippen LogP contribution is -2.54. The van der Waals surface area contributed by atoms with Crippen LogP contribution in [0.15, 0.2) is 42.5 Å². The average Bonchev–Trinajstić information content (AvgIpc) is 3.09. The Kier molecular flexibility index (Phi) is 2.65. The van der Waals surface area contributed by atoms with Crippen molar-refractivity contribution < 1.29 is 4.79 Å². The van der Waals surface area contributed by atoms with Gasteiger partial charge in [0.25, 0.3) is 5.91 Å². The van der Waals surface area contributed by atoms with Gasteiger partial charge in [0.15, 0.2) is 0 Å². The maximum atomic E-state index is 13.6. The van der Waals surface area contributed by atoms with Crippen molar-refractivity contribution in [1.29, 1.82) is 5.26 Å². The number of carbonyl (C=O) groups excluding carboxylic acids is 1. The van der Waals surface area contributed by atoms with Crippen molar-refractivity contribution in [2.75, 3.05) is 6.54 Å². The van der Waals surface area contributed by atoms with Crippen LogP contribution in [0.3, 0.4) is 0 Å². The van der Waals surface area contributed by atoms with Crippen LogP contribution in [0.5, 0.6) is 0 Å². The van der Waals surface area contributed by atoms with Crippen LogP contribution in [0.25, 0.3) is 10.8 Å². The zero-order valence-corrected chi connectivity index (χ0v) is 14.7. The number of rotatable bonds is 1. The van der Waals surface area contributed by atoms with E-state index in [9.17, 15) is 10.1 Å². The van der Waals surface area contributed by atoms with Crippen molar-refractivity contribution in [2.45, 2.75) is 38.6 Å². The highest BCUT2D eigenvalue weighted by Gasteiger charge is 2.78.